The molecule has 0 amide bonds. The fourth-order valence-electron chi connectivity index (χ4n) is 4.16. The van der Waals surface area contributed by atoms with E-state index < -0.39 is 0 Å². The van der Waals surface area contributed by atoms with Crippen LogP contribution >= 0.6 is 0 Å². The number of fused-ring (bicyclic) bond motifs is 1. The van der Waals surface area contributed by atoms with E-state index >= 15 is 0 Å². The molecule has 2 N–H and O–H groups in total. The molecule has 1 aromatic heterocycles. The van der Waals surface area contributed by atoms with Gasteiger partial charge < -0.3 is 19.9 Å². The van der Waals surface area contributed by atoms with Crippen molar-refractivity contribution in [1.29, 1.82) is 0 Å². The first kappa shape index (κ1) is 19.9. The summed E-state index contributed by atoms with van der Waals surface area (Å²) < 4.78 is 6.06. The molecule has 7 heteroatoms. The van der Waals surface area contributed by atoms with Gasteiger partial charge in [0.05, 0.1) is 37.7 Å². The molecule has 0 spiro atoms. The number of ether oxygens (including phenoxy) is 1. The minimum absolute atomic E-state index is 0.180. The first-order valence-electron chi connectivity index (χ1n) is 10.7. The Morgan fingerprint density at radius 3 is 3.07 bits per heavy atom. The fraction of sp³-hybridized carbons (Fsp3) is 0.545. The third-order valence-electron chi connectivity index (χ3n) is 5.70. The molecule has 2 saturated heterocycles. The molecule has 7 nitrogen and oxygen atoms in total. The van der Waals surface area contributed by atoms with Gasteiger partial charge in [-0.25, -0.2) is 4.98 Å². The Bertz CT molecular complexity index is 805. The molecule has 0 bridgehead atoms. The minimum atomic E-state index is 0.180. The van der Waals surface area contributed by atoms with Gasteiger partial charge in [-0.15, -0.1) is 0 Å². The van der Waals surface area contributed by atoms with Gasteiger partial charge in [0.2, 0.25) is 0 Å². The van der Waals surface area contributed by atoms with E-state index in [0.29, 0.717) is 19.1 Å². The van der Waals surface area contributed by atoms with Gasteiger partial charge in [0, 0.05) is 26.2 Å². The van der Waals surface area contributed by atoms with Gasteiger partial charge in [-0.3, -0.25) is 9.89 Å². The first-order chi connectivity index (χ1) is 14.2. The number of aromatic amines is 1. The number of morpholine rings is 1. The smallest absolute Gasteiger partial charge is 0.194 e. The Kier molecular flexibility index (Phi) is 6.46. The van der Waals surface area contributed by atoms with E-state index in [2.05, 4.69) is 44.1 Å². The lowest BCUT2D eigenvalue weighted by atomic mass is 10.2. The average molecular weight is 397 g/mol. The van der Waals surface area contributed by atoms with E-state index in [4.69, 9.17) is 9.73 Å². The summed E-state index contributed by atoms with van der Waals surface area (Å²) in [6, 6.07) is 10.9. The van der Waals surface area contributed by atoms with Crippen molar-refractivity contribution in [3.8, 4) is 11.3 Å². The molecule has 2 unspecified atom stereocenters. The molecule has 0 radical (unpaired) electrons. The van der Waals surface area contributed by atoms with Crippen LogP contribution in [0.5, 0.6) is 0 Å². The van der Waals surface area contributed by atoms with Crippen molar-refractivity contribution in [1.82, 2.24) is 25.1 Å². The highest BCUT2D eigenvalue weighted by Crippen LogP contribution is 2.22. The van der Waals surface area contributed by atoms with Gasteiger partial charge in [0.15, 0.2) is 5.96 Å². The Hall–Kier alpha value is -2.38. The third kappa shape index (κ3) is 4.97. The van der Waals surface area contributed by atoms with E-state index in [9.17, 15) is 0 Å². The molecule has 4 rings (SSSR count). The van der Waals surface area contributed by atoms with E-state index in [-0.39, 0.29) is 6.10 Å². The van der Waals surface area contributed by atoms with Crippen molar-refractivity contribution in [3.05, 3.63) is 42.4 Å². The predicted octanol–water partition coefficient (Wildman–Crippen LogP) is 2.34. The Labute approximate surface area is 173 Å². The van der Waals surface area contributed by atoms with E-state index in [0.717, 1.165) is 42.7 Å². The predicted molar refractivity (Wildman–Crippen MR) is 116 cm³/mol. The lowest BCUT2D eigenvalue weighted by Crippen LogP contribution is -2.47. The molecular weight excluding hydrogens is 364 g/mol. The zero-order chi connectivity index (χ0) is 20.1. The molecule has 1 aromatic carbocycles. The maximum Gasteiger partial charge on any atom is 0.194 e. The number of aromatic nitrogens is 2. The molecule has 2 aromatic rings. The summed E-state index contributed by atoms with van der Waals surface area (Å²) in [5.41, 5.74) is 2.18. The van der Waals surface area contributed by atoms with Crippen molar-refractivity contribution in [2.45, 2.75) is 38.5 Å². The van der Waals surface area contributed by atoms with Crippen molar-refractivity contribution < 1.29 is 4.74 Å². The van der Waals surface area contributed by atoms with Crippen molar-refractivity contribution in [2.75, 3.05) is 39.8 Å². The molecule has 2 aliphatic heterocycles. The number of imidazole rings is 1. The van der Waals surface area contributed by atoms with Crippen molar-refractivity contribution in [3.63, 3.8) is 0 Å². The molecule has 29 heavy (non-hydrogen) atoms. The van der Waals surface area contributed by atoms with E-state index in [1.54, 1.807) is 0 Å². The van der Waals surface area contributed by atoms with Crippen LogP contribution in [0.2, 0.25) is 0 Å². The van der Waals surface area contributed by atoms with Crippen LogP contribution < -0.4 is 5.32 Å². The summed E-state index contributed by atoms with van der Waals surface area (Å²) in [5.74, 6) is 1.81. The summed E-state index contributed by atoms with van der Waals surface area (Å²) in [6.45, 7) is 7.32. The Morgan fingerprint density at radius 2 is 2.24 bits per heavy atom. The molecule has 2 fully saturated rings. The molecular formula is C22H32N6O. The molecule has 0 saturated carbocycles. The number of rotatable bonds is 6. The summed E-state index contributed by atoms with van der Waals surface area (Å²) in [5, 5.41) is 3.39. The lowest BCUT2D eigenvalue weighted by Gasteiger charge is -2.34. The van der Waals surface area contributed by atoms with Crippen molar-refractivity contribution >= 4 is 5.96 Å². The van der Waals surface area contributed by atoms with Crippen LogP contribution in [0.15, 0.2) is 41.5 Å². The third-order valence-corrected chi connectivity index (χ3v) is 5.70. The maximum atomic E-state index is 6.06. The van der Waals surface area contributed by atoms with Gasteiger partial charge in [0.25, 0.3) is 0 Å². The fourth-order valence-corrected chi connectivity index (χ4v) is 4.16. The molecule has 156 valence electrons. The highest BCUT2D eigenvalue weighted by atomic mass is 16.5. The second kappa shape index (κ2) is 9.41. The number of hydrogen-bond donors (Lipinski definition) is 2. The van der Waals surface area contributed by atoms with Gasteiger partial charge in [-0.2, -0.15) is 0 Å². The summed E-state index contributed by atoms with van der Waals surface area (Å²) >= 11 is 0. The number of H-pyrrole nitrogens is 1. The average Bonchev–Trinajstić information content (AvgIpc) is 3.40. The summed E-state index contributed by atoms with van der Waals surface area (Å²) in [7, 11) is 2.05. The number of aliphatic imine (C=N–C) groups is 1. The van der Waals surface area contributed by atoms with E-state index in [1.165, 1.54) is 19.4 Å². The monoisotopic (exact) mass is 396 g/mol. The number of nitrogens with zero attached hydrogens (tertiary/aromatic N) is 4. The molecule has 3 heterocycles. The normalized spacial score (nSPS) is 22.5. The standard InChI is InChI=1S/C22H32N6O/c1-3-23-22(25-12-19-14-28-11-7-10-18(28)16-29-19)27(2)15-21-24-13-20(26-21)17-8-5-4-6-9-17/h4-6,8-9,13,18-19H,3,7,10-12,14-16H2,1-2H3,(H,23,25)(H,24,26). The highest BCUT2D eigenvalue weighted by molar-refractivity contribution is 5.79. The zero-order valence-electron chi connectivity index (χ0n) is 17.5. The van der Waals surface area contributed by atoms with Gasteiger partial charge in [-0.05, 0) is 31.9 Å². The van der Waals surface area contributed by atoms with Crippen molar-refractivity contribution in [2.24, 2.45) is 4.99 Å². The number of nitrogens with one attached hydrogen (secondary N) is 2. The van der Waals surface area contributed by atoms with E-state index in [1.807, 2.05) is 31.4 Å². The summed E-state index contributed by atoms with van der Waals surface area (Å²) in [6.07, 6.45) is 4.64. The SMILES string of the molecule is CCNC(=NCC1CN2CCCC2CO1)N(C)Cc1ncc(-c2ccccc2)[nH]1. The number of benzene rings is 1. The quantitative estimate of drug-likeness (QED) is 0.579. The van der Waals surface area contributed by atoms with Gasteiger partial charge in [0.1, 0.15) is 5.82 Å². The van der Waals surface area contributed by atoms with Crippen LogP contribution in [0.4, 0.5) is 0 Å². The number of hydrogen-bond acceptors (Lipinski definition) is 4. The number of guanidine groups is 1. The van der Waals surface area contributed by atoms with Crippen LogP contribution in [-0.4, -0.2) is 77.7 Å². The zero-order valence-corrected chi connectivity index (χ0v) is 17.5. The first-order valence-corrected chi connectivity index (χ1v) is 10.7. The maximum absolute atomic E-state index is 6.06. The molecule has 2 aliphatic rings. The lowest BCUT2D eigenvalue weighted by molar-refractivity contribution is -0.0432. The van der Waals surface area contributed by atoms with Crippen LogP contribution in [-0.2, 0) is 11.3 Å². The van der Waals surface area contributed by atoms with Crippen LogP contribution in [0.1, 0.15) is 25.6 Å². The van der Waals surface area contributed by atoms with Gasteiger partial charge >= 0.3 is 0 Å². The Morgan fingerprint density at radius 1 is 1.38 bits per heavy atom. The van der Waals surface area contributed by atoms with Crippen LogP contribution in [0, 0.1) is 0 Å². The topological polar surface area (TPSA) is 68.8 Å². The van der Waals surface area contributed by atoms with Crippen LogP contribution in [0.25, 0.3) is 11.3 Å². The second-order valence-electron chi connectivity index (χ2n) is 7.91. The Balaban J connectivity index is 1.36. The minimum Gasteiger partial charge on any atom is -0.373 e. The van der Waals surface area contributed by atoms with Gasteiger partial charge in [-0.1, -0.05) is 30.3 Å². The highest BCUT2D eigenvalue weighted by Gasteiger charge is 2.32. The molecule has 0 aliphatic carbocycles. The van der Waals surface area contributed by atoms with Crippen LogP contribution in [0.3, 0.4) is 0 Å². The molecule has 2 atom stereocenters. The second-order valence-corrected chi connectivity index (χ2v) is 7.91. The summed E-state index contributed by atoms with van der Waals surface area (Å²) in [4.78, 5) is 17.5. The largest absolute Gasteiger partial charge is 0.373 e.